The van der Waals surface area contributed by atoms with Crippen molar-refractivity contribution in [3.8, 4) is 0 Å². The van der Waals surface area contributed by atoms with Crippen LogP contribution in [0, 0.1) is 17.0 Å². The van der Waals surface area contributed by atoms with Gasteiger partial charge in [0.2, 0.25) is 5.91 Å². The van der Waals surface area contributed by atoms with Crippen LogP contribution < -0.4 is 5.32 Å². The molecule has 3 rings (SSSR count). The maximum absolute atomic E-state index is 12.5. The first-order valence-electron chi connectivity index (χ1n) is 8.87. The lowest BCUT2D eigenvalue weighted by Gasteiger charge is -2.15. The van der Waals surface area contributed by atoms with E-state index >= 15 is 0 Å². The van der Waals surface area contributed by atoms with Crippen molar-refractivity contribution in [3.63, 3.8) is 0 Å². The van der Waals surface area contributed by atoms with E-state index in [1.54, 1.807) is 25.1 Å². The largest absolute Gasteiger partial charge is 0.465 e. The molecule has 0 aromatic heterocycles. The number of imide groups is 1. The Morgan fingerprint density at radius 1 is 1.13 bits per heavy atom. The zero-order valence-electron chi connectivity index (χ0n) is 16.1. The van der Waals surface area contributed by atoms with E-state index in [1.807, 2.05) is 0 Å². The molecule has 1 aliphatic heterocycles. The third-order valence-electron chi connectivity index (χ3n) is 4.74. The van der Waals surface area contributed by atoms with E-state index in [1.165, 1.54) is 13.2 Å². The minimum Gasteiger partial charge on any atom is -0.465 e. The fourth-order valence-corrected chi connectivity index (χ4v) is 3.12. The molecule has 0 saturated heterocycles. The summed E-state index contributed by atoms with van der Waals surface area (Å²) in [5, 5.41) is 13.5. The maximum Gasteiger partial charge on any atom is 0.338 e. The highest BCUT2D eigenvalue weighted by Crippen LogP contribution is 2.27. The average molecular weight is 411 g/mol. The first-order valence-corrected chi connectivity index (χ1v) is 8.87. The highest BCUT2D eigenvalue weighted by atomic mass is 16.6. The van der Waals surface area contributed by atoms with Crippen LogP contribution in [0.5, 0.6) is 0 Å². The van der Waals surface area contributed by atoms with Gasteiger partial charge in [-0.3, -0.25) is 29.4 Å². The number of benzene rings is 2. The van der Waals surface area contributed by atoms with Crippen LogP contribution in [0.15, 0.2) is 36.4 Å². The molecule has 2 aromatic rings. The SMILES string of the molecule is COC(=O)c1cccc(NC(=O)CCN2C(=O)c3ccc([N+](=O)[O-])cc3C2=O)c1C. The molecule has 0 radical (unpaired) electrons. The first-order chi connectivity index (χ1) is 14.2. The minimum absolute atomic E-state index is 0.0590. The Bertz CT molecular complexity index is 1090. The highest BCUT2D eigenvalue weighted by Gasteiger charge is 2.36. The van der Waals surface area contributed by atoms with Crippen molar-refractivity contribution in [2.24, 2.45) is 0 Å². The number of amides is 3. The molecule has 154 valence electrons. The van der Waals surface area contributed by atoms with Gasteiger partial charge in [0.25, 0.3) is 17.5 Å². The average Bonchev–Trinajstić information content (AvgIpc) is 2.97. The minimum atomic E-state index is -0.685. The van der Waals surface area contributed by atoms with Crippen LogP contribution in [0.1, 0.15) is 43.1 Å². The van der Waals surface area contributed by atoms with Crippen molar-refractivity contribution in [3.05, 3.63) is 68.8 Å². The summed E-state index contributed by atoms with van der Waals surface area (Å²) in [6, 6.07) is 8.20. The zero-order chi connectivity index (χ0) is 22.0. The van der Waals surface area contributed by atoms with Crippen molar-refractivity contribution in [1.82, 2.24) is 4.90 Å². The van der Waals surface area contributed by atoms with E-state index in [4.69, 9.17) is 4.74 Å². The summed E-state index contributed by atoms with van der Waals surface area (Å²) >= 11 is 0. The van der Waals surface area contributed by atoms with Crippen LogP contribution in [0.2, 0.25) is 0 Å². The first kappa shape index (κ1) is 20.6. The molecule has 0 atom stereocenters. The van der Waals surface area contributed by atoms with Crippen LogP contribution in [-0.2, 0) is 9.53 Å². The second-order valence-electron chi connectivity index (χ2n) is 6.52. The number of fused-ring (bicyclic) bond motifs is 1. The number of anilines is 1. The van der Waals surface area contributed by atoms with Gasteiger partial charge in [-0.1, -0.05) is 6.07 Å². The Balaban J connectivity index is 1.68. The van der Waals surface area contributed by atoms with Gasteiger partial charge in [0.1, 0.15) is 0 Å². The summed E-state index contributed by atoms with van der Waals surface area (Å²) in [5.41, 5.74) is 0.934. The van der Waals surface area contributed by atoms with Gasteiger partial charge >= 0.3 is 5.97 Å². The summed E-state index contributed by atoms with van der Waals surface area (Å²) in [6.07, 6.45) is -0.185. The number of nitrogens with zero attached hydrogens (tertiary/aromatic N) is 2. The molecular weight excluding hydrogens is 394 g/mol. The Morgan fingerprint density at radius 3 is 2.50 bits per heavy atom. The van der Waals surface area contributed by atoms with E-state index in [9.17, 15) is 29.3 Å². The molecule has 3 amide bonds. The lowest BCUT2D eigenvalue weighted by atomic mass is 10.1. The molecule has 0 fully saturated rings. The van der Waals surface area contributed by atoms with Gasteiger partial charge in [0.15, 0.2) is 0 Å². The molecule has 2 aromatic carbocycles. The van der Waals surface area contributed by atoms with Crippen molar-refractivity contribution < 1.29 is 28.8 Å². The number of nitro groups is 1. The molecule has 30 heavy (non-hydrogen) atoms. The van der Waals surface area contributed by atoms with Gasteiger partial charge in [0.05, 0.1) is 28.7 Å². The molecule has 1 heterocycles. The van der Waals surface area contributed by atoms with Crippen molar-refractivity contribution in [1.29, 1.82) is 0 Å². The normalized spacial score (nSPS) is 12.5. The molecule has 0 unspecified atom stereocenters. The number of rotatable bonds is 6. The second kappa shape index (κ2) is 8.11. The Morgan fingerprint density at radius 2 is 1.83 bits per heavy atom. The van der Waals surface area contributed by atoms with Crippen LogP contribution in [0.3, 0.4) is 0 Å². The maximum atomic E-state index is 12.5. The standard InChI is InChI=1S/C20H17N3O7/c1-11-13(20(27)30-2)4-3-5-16(11)21-17(24)8-9-22-18(25)14-7-6-12(23(28)29)10-15(14)19(22)26/h3-7,10H,8-9H2,1-2H3,(H,21,24). The lowest BCUT2D eigenvalue weighted by Crippen LogP contribution is -2.33. The number of nitrogens with one attached hydrogen (secondary N) is 1. The lowest BCUT2D eigenvalue weighted by molar-refractivity contribution is -0.384. The molecule has 10 heteroatoms. The van der Waals surface area contributed by atoms with Gasteiger partial charge < -0.3 is 10.1 Å². The third kappa shape index (κ3) is 3.75. The Kier molecular flexibility index (Phi) is 5.58. The van der Waals surface area contributed by atoms with Crippen LogP contribution in [-0.4, -0.2) is 47.2 Å². The molecule has 1 N–H and O–H groups in total. The van der Waals surface area contributed by atoms with Crippen LogP contribution >= 0.6 is 0 Å². The fraction of sp³-hybridized carbons (Fsp3) is 0.200. The summed E-state index contributed by atoms with van der Waals surface area (Å²) in [4.78, 5) is 60.1. The van der Waals surface area contributed by atoms with E-state index in [0.29, 0.717) is 16.8 Å². The highest BCUT2D eigenvalue weighted by molar-refractivity contribution is 6.21. The number of ether oxygens (including phenoxy) is 1. The van der Waals surface area contributed by atoms with Gasteiger partial charge in [-0.05, 0) is 30.7 Å². The van der Waals surface area contributed by atoms with Gasteiger partial charge in [-0.25, -0.2) is 4.79 Å². The molecule has 0 bridgehead atoms. The molecule has 10 nitrogen and oxygen atoms in total. The number of carbonyl (C=O) groups excluding carboxylic acids is 4. The third-order valence-corrected chi connectivity index (χ3v) is 4.74. The number of methoxy groups -OCH3 is 1. The van der Waals surface area contributed by atoms with Gasteiger partial charge in [-0.2, -0.15) is 0 Å². The number of hydrogen-bond acceptors (Lipinski definition) is 7. The quantitative estimate of drug-likeness (QED) is 0.333. The van der Waals surface area contributed by atoms with E-state index < -0.39 is 28.6 Å². The molecule has 0 spiro atoms. The summed E-state index contributed by atoms with van der Waals surface area (Å²) in [7, 11) is 1.25. The number of carbonyl (C=O) groups is 4. The second-order valence-corrected chi connectivity index (χ2v) is 6.52. The van der Waals surface area contributed by atoms with E-state index in [-0.39, 0.29) is 29.8 Å². The monoisotopic (exact) mass is 411 g/mol. The fourth-order valence-electron chi connectivity index (χ4n) is 3.12. The summed E-state index contributed by atoms with van der Waals surface area (Å²) in [5.74, 6) is -2.30. The number of esters is 1. The predicted molar refractivity (Wildman–Crippen MR) is 104 cm³/mol. The number of nitro benzene ring substituents is 1. The zero-order valence-corrected chi connectivity index (χ0v) is 16.1. The summed E-state index contributed by atoms with van der Waals surface area (Å²) < 4.78 is 4.69. The van der Waals surface area contributed by atoms with Crippen LogP contribution in [0.4, 0.5) is 11.4 Å². The van der Waals surface area contributed by atoms with E-state index in [0.717, 1.165) is 17.0 Å². The van der Waals surface area contributed by atoms with Crippen molar-refractivity contribution in [2.75, 3.05) is 19.0 Å². The molecular formula is C20H17N3O7. The van der Waals surface area contributed by atoms with Crippen LogP contribution in [0.25, 0.3) is 0 Å². The predicted octanol–water partition coefficient (Wildman–Crippen LogP) is 2.31. The number of hydrogen-bond donors (Lipinski definition) is 1. The molecule has 0 saturated carbocycles. The smallest absolute Gasteiger partial charge is 0.338 e. The van der Waals surface area contributed by atoms with E-state index in [2.05, 4.69) is 5.32 Å². The Hall–Kier alpha value is -4.08. The topological polar surface area (TPSA) is 136 Å². The molecule has 1 aliphatic rings. The van der Waals surface area contributed by atoms with Gasteiger partial charge in [0, 0.05) is 30.8 Å². The van der Waals surface area contributed by atoms with Crippen molar-refractivity contribution in [2.45, 2.75) is 13.3 Å². The van der Waals surface area contributed by atoms with Crippen molar-refractivity contribution >= 4 is 35.1 Å². The molecule has 0 aliphatic carbocycles. The van der Waals surface area contributed by atoms with Gasteiger partial charge in [-0.15, -0.1) is 0 Å². The summed E-state index contributed by atoms with van der Waals surface area (Å²) in [6.45, 7) is 1.46. The Labute approximate surface area is 170 Å². The number of non-ortho nitro benzene ring substituents is 1.